The zero-order chi connectivity index (χ0) is 15.3. The van der Waals surface area contributed by atoms with E-state index in [0.717, 1.165) is 6.33 Å². The van der Waals surface area contributed by atoms with E-state index in [1.165, 1.54) is 7.11 Å². The molecule has 0 spiro atoms. The standard InChI is InChI=1S/C11H16N4O5/c1-4-11(5-2,10(16)17)14-8-7(15(18)19)9(20-3)13-6-12-8/h6H,4-5H2,1-3H3,(H,16,17)(H,12,13,14). The summed E-state index contributed by atoms with van der Waals surface area (Å²) in [6.45, 7) is 3.35. The molecule has 0 unspecified atom stereocenters. The predicted octanol–water partition coefficient (Wildman–Crippen LogP) is 1.45. The van der Waals surface area contributed by atoms with E-state index >= 15 is 0 Å². The first-order chi connectivity index (χ1) is 9.41. The van der Waals surface area contributed by atoms with Gasteiger partial charge in [-0.25, -0.2) is 9.78 Å². The smallest absolute Gasteiger partial charge is 0.372 e. The molecule has 9 heteroatoms. The zero-order valence-corrected chi connectivity index (χ0v) is 11.4. The molecule has 0 saturated heterocycles. The second-order valence-electron chi connectivity index (χ2n) is 4.06. The van der Waals surface area contributed by atoms with Gasteiger partial charge in [0.1, 0.15) is 11.9 Å². The number of nitrogens with one attached hydrogen (secondary N) is 1. The Labute approximate surface area is 115 Å². The molecular weight excluding hydrogens is 268 g/mol. The number of hydrogen-bond acceptors (Lipinski definition) is 7. The lowest BCUT2D eigenvalue weighted by atomic mass is 9.93. The number of carboxylic acid groups (broad SMARTS) is 1. The number of aromatic nitrogens is 2. The van der Waals surface area contributed by atoms with Gasteiger partial charge < -0.3 is 15.2 Å². The molecule has 1 aromatic rings. The number of ether oxygens (including phenoxy) is 1. The maximum Gasteiger partial charge on any atom is 0.372 e. The van der Waals surface area contributed by atoms with E-state index in [-0.39, 0.29) is 24.5 Å². The van der Waals surface area contributed by atoms with Crippen LogP contribution >= 0.6 is 0 Å². The lowest BCUT2D eigenvalue weighted by molar-refractivity contribution is -0.385. The van der Waals surface area contributed by atoms with Crippen LogP contribution in [-0.4, -0.2) is 38.6 Å². The normalized spacial score (nSPS) is 10.9. The average Bonchev–Trinajstić information content (AvgIpc) is 2.43. The highest BCUT2D eigenvalue weighted by atomic mass is 16.6. The summed E-state index contributed by atoms with van der Waals surface area (Å²) in [5.74, 6) is -1.50. The lowest BCUT2D eigenvalue weighted by Crippen LogP contribution is -2.45. The number of methoxy groups -OCH3 is 1. The number of anilines is 1. The van der Waals surface area contributed by atoms with Gasteiger partial charge in [-0.3, -0.25) is 10.1 Å². The number of carbonyl (C=O) groups is 1. The van der Waals surface area contributed by atoms with E-state index in [4.69, 9.17) is 4.74 Å². The minimum atomic E-state index is -1.33. The second kappa shape index (κ2) is 6.13. The lowest BCUT2D eigenvalue weighted by Gasteiger charge is -2.28. The van der Waals surface area contributed by atoms with E-state index in [0.29, 0.717) is 0 Å². The largest absolute Gasteiger partial charge is 0.480 e. The van der Waals surface area contributed by atoms with Crippen LogP contribution in [0, 0.1) is 10.1 Å². The van der Waals surface area contributed by atoms with Crippen molar-refractivity contribution >= 4 is 17.5 Å². The highest BCUT2D eigenvalue weighted by Crippen LogP contribution is 2.33. The van der Waals surface area contributed by atoms with Crippen LogP contribution in [0.1, 0.15) is 26.7 Å². The molecule has 0 bridgehead atoms. The quantitative estimate of drug-likeness (QED) is 0.568. The molecule has 1 heterocycles. The number of hydrogen-bond donors (Lipinski definition) is 2. The third kappa shape index (κ3) is 2.76. The Bertz CT molecular complexity index is 516. The van der Waals surface area contributed by atoms with Gasteiger partial charge in [0, 0.05) is 0 Å². The first kappa shape index (κ1) is 15.6. The van der Waals surface area contributed by atoms with Crippen molar-refractivity contribution in [3.8, 4) is 5.88 Å². The Morgan fingerprint density at radius 2 is 2.10 bits per heavy atom. The number of aliphatic carboxylic acids is 1. The van der Waals surface area contributed by atoms with Crippen molar-refractivity contribution in [3.63, 3.8) is 0 Å². The minimum Gasteiger partial charge on any atom is -0.480 e. The molecule has 9 nitrogen and oxygen atoms in total. The van der Waals surface area contributed by atoms with Crippen molar-refractivity contribution in [3.05, 3.63) is 16.4 Å². The number of nitro groups is 1. The van der Waals surface area contributed by atoms with Crippen LogP contribution in [0.2, 0.25) is 0 Å². The minimum absolute atomic E-state index is 0.173. The molecule has 0 aliphatic rings. The van der Waals surface area contributed by atoms with Crippen molar-refractivity contribution in [2.24, 2.45) is 0 Å². The summed E-state index contributed by atoms with van der Waals surface area (Å²) in [4.78, 5) is 29.2. The fourth-order valence-electron chi connectivity index (χ4n) is 1.78. The Kier molecular flexibility index (Phi) is 4.78. The van der Waals surface area contributed by atoms with E-state index in [9.17, 15) is 20.0 Å². The first-order valence-corrected chi connectivity index (χ1v) is 5.96. The van der Waals surface area contributed by atoms with Gasteiger partial charge in [-0.2, -0.15) is 4.98 Å². The van der Waals surface area contributed by atoms with Crippen LogP contribution in [0.15, 0.2) is 6.33 Å². The molecule has 0 aliphatic carbocycles. The molecule has 2 N–H and O–H groups in total. The number of carboxylic acids is 1. The number of nitrogens with zero attached hydrogens (tertiary/aromatic N) is 3. The highest BCUT2D eigenvalue weighted by Gasteiger charge is 2.38. The molecular formula is C11H16N4O5. The maximum absolute atomic E-state index is 11.4. The van der Waals surface area contributed by atoms with E-state index in [2.05, 4.69) is 15.3 Å². The fourth-order valence-corrected chi connectivity index (χ4v) is 1.78. The van der Waals surface area contributed by atoms with Gasteiger partial charge in [-0.15, -0.1) is 0 Å². The Morgan fingerprint density at radius 3 is 2.50 bits per heavy atom. The van der Waals surface area contributed by atoms with Crippen LogP contribution in [0.4, 0.5) is 11.5 Å². The molecule has 1 rings (SSSR count). The SMILES string of the molecule is CCC(CC)(Nc1ncnc(OC)c1[N+](=O)[O-])C(=O)O. The molecule has 0 atom stereocenters. The van der Waals surface area contributed by atoms with E-state index in [1.807, 2.05) is 0 Å². The van der Waals surface area contributed by atoms with Crippen LogP contribution in [0.5, 0.6) is 5.88 Å². The zero-order valence-electron chi connectivity index (χ0n) is 11.4. The summed E-state index contributed by atoms with van der Waals surface area (Å²) in [5, 5.41) is 23.1. The number of rotatable bonds is 7. The average molecular weight is 284 g/mol. The summed E-state index contributed by atoms with van der Waals surface area (Å²) >= 11 is 0. The van der Waals surface area contributed by atoms with Crippen LogP contribution in [0.3, 0.4) is 0 Å². The van der Waals surface area contributed by atoms with Crippen molar-refractivity contribution in [1.82, 2.24) is 9.97 Å². The Morgan fingerprint density at radius 1 is 1.50 bits per heavy atom. The van der Waals surface area contributed by atoms with Gasteiger partial charge in [0.25, 0.3) is 5.88 Å². The second-order valence-corrected chi connectivity index (χ2v) is 4.06. The summed E-state index contributed by atoms with van der Waals surface area (Å²) in [6.07, 6.45) is 1.55. The van der Waals surface area contributed by atoms with Crippen LogP contribution in [0.25, 0.3) is 0 Å². The molecule has 1 aromatic heterocycles. The molecule has 0 radical (unpaired) electrons. The summed E-state index contributed by atoms with van der Waals surface area (Å²) in [5.41, 5.74) is -1.81. The third-order valence-corrected chi connectivity index (χ3v) is 3.14. The predicted molar refractivity (Wildman–Crippen MR) is 69.8 cm³/mol. The topological polar surface area (TPSA) is 127 Å². The highest BCUT2D eigenvalue weighted by molar-refractivity contribution is 5.83. The summed E-state index contributed by atoms with van der Waals surface area (Å²) in [7, 11) is 1.24. The van der Waals surface area contributed by atoms with Gasteiger partial charge in [-0.1, -0.05) is 13.8 Å². The van der Waals surface area contributed by atoms with Crippen molar-refractivity contribution in [1.29, 1.82) is 0 Å². The monoisotopic (exact) mass is 284 g/mol. The maximum atomic E-state index is 11.4. The molecule has 0 saturated carbocycles. The molecule has 0 aliphatic heterocycles. The Hall–Kier alpha value is -2.45. The molecule has 0 aromatic carbocycles. The third-order valence-electron chi connectivity index (χ3n) is 3.14. The van der Waals surface area contributed by atoms with E-state index < -0.39 is 22.1 Å². The Balaban J connectivity index is 3.33. The summed E-state index contributed by atoms with van der Waals surface area (Å²) < 4.78 is 4.81. The van der Waals surface area contributed by atoms with Gasteiger partial charge in [0.15, 0.2) is 0 Å². The fraction of sp³-hybridized carbons (Fsp3) is 0.545. The van der Waals surface area contributed by atoms with Crippen LogP contribution in [-0.2, 0) is 4.79 Å². The molecule has 20 heavy (non-hydrogen) atoms. The van der Waals surface area contributed by atoms with Crippen molar-refractivity contribution < 1.29 is 19.6 Å². The van der Waals surface area contributed by atoms with Gasteiger partial charge >= 0.3 is 11.7 Å². The van der Waals surface area contributed by atoms with Gasteiger partial charge in [0.05, 0.1) is 12.0 Å². The van der Waals surface area contributed by atoms with Crippen LogP contribution < -0.4 is 10.1 Å². The van der Waals surface area contributed by atoms with Crippen molar-refractivity contribution in [2.45, 2.75) is 32.2 Å². The summed E-state index contributed by atoms with van der Waals surface area (Å²) in [6, 6.07) is 0. The molecule has 0 amide bonds. The molecule has 0 fully saturated rings. The van der Waals surface area contributed by atoms with Crippen molar-refractivity contribution in [2.75, 3.05) is 12.4 Å². The van der Waals surface area contributed by atoms with E-state index in [1.54, 1.807) is 13.8 Å². The molecule has 110 valence electrons. The first-order valence-electron chi connectivity index (χ1n) is 5.96. The van der Waals surface area contributed by atoms with Gasteiger partial charge in [0.2, 0.25) is 5.82 Å². The van der Waals surface area contributed by atoms with Gasteiger partial charge in [-0.05, 0) is 12.8 Å².